The number of nitrogens with zero attached hydrogens (tertiary/aromatic N) is 3. The van der Waals surface area contributed by atoms with Crippen molar-refractivity contribution >= 4 is 5.91 Å². The van der Waals surface area contributed by atoms with Gasteiger partial charge in [0.25, 0.3) is 0 Å². The van der Waals surface area contributed by atoms with Crippen molar-refractivity contribution in [2.75, 3.05) is 7.05 Å². The van der Waals surface area contributed by atoms with Crippen molar-refractivity contribution in [3.8, 4) is 0 Å². The van der Waals surface area contributed by atoms with Gasteiger partial charge in [0.2, 0.25) is 5.91 Å². The predicted octanol–water partition coefficient (Wildman–Crippen LogP) is 7.15. The van der Waals surface area contributed by atoms with Gasteiger partial charge in [0.15, 0.2) is 0 Å². The Labute approximate surface area is 227 Å². The summed E-state index contributed by atoms with van der Waals surface area (Å²) < 4.78 is 2.35. The molecule has 5 rings (SSSR count). The summed E-state index contributed by atoms with van der Waals surface area (Å²) in [5.74, 6) is 0.287. The van der Waals surface area contributed by atoms with Crippen LogP contribution in [0.2, 0.25) is 0 Å². The molecule has 3 aromatic carbocycles. The highest BCUT2D eigenvalue weighted by molar-refractivity contribution is 5.76. The molecule has 0 unspecified atom stereocenters. The summed E-state index contributed by atoms with van der Waals surface area (Å²) in [6.45, 7) is 2.19. The van der Waals surface area contributed by atoms with E-state index in [1.54, 1.807) is 0 Å². The fraction of sp³-hybridized carbons (Fsp3) is 0.353. The number of hydrogen-bond acceptors (Lipinski definition) is 2. The molecule has 0 spiro atoms. The highest BCUT2D eigenvalue weighted by atomic mass is 16.2. The second-order valence-corrected chi connectivity index (χ2v) is 10.6. The molecule has 1 aliphatic carbocycles. The minimum Gasteiger partial charge on any atom is -0.343 e. The maximum atomic E-state index is 12.7. The molecule has 0 bridgehead atoms. The zero-order valence-corrected chi connectivity index (χ0v) is 22.7. The molecule has 0 aliphatic heterocycles. The van der Waals surface area contributed by atoms with Gasteiger partial charge in [-0.2, -0.15) is 0 Å². The molecule has 1 amide bonds. The lowest BCUT2D eigenvalue weighted by atomic mass is 9.76. The Morgan fingerprint density at radius 2 is 1.34 bits per heavy atom. The van der Waals surface area contributed by atoms with Crippen LogP contribution in [0.1, 0.15) is 73.0 Å². The van der Waals surface area contributed by atoms with Crippen molar-refractivity contribution in [3.63, 3.8) is 0 Å². The number of aromatic nitrogens is 2. The first kappa shape index (κ1) is 26.0. The number of imidazole rings is 1. The monoisotopic (exact) mass is 505 g/mol. The fourth-order valence-electron chi connectivity index (χ4n) is 6.23. The molecule has 1 heterocycles. The predicted molar refractivity (Wildman–Crippen MR) is 154 cm³/mol. The van der Waals surface area contributed by atoms with Crippen LogP contribution in [0.5, 0.6) is 0 Å². The van der Waals surface area contributed by atoms with Gasteiger partial charge in [-0.1, -0.05) is 104 Å². The average Bonchev–Trinajstić information content (AvgIpc) is 3.64. The van der Waals surface area contributed by atoms with Crippen molar-refractivity contribution < 1.29 is 4.79 Å². The molecule has 0 saturated heterocycles. The van der Waals surface area contributed by atoms with Crippen LogP contribution in [0.15, 0.2) is 97.3 Å². The number of unbranched alkanes of at least 4 members (excludes halogenated alkanes) is 1. The summed E-state index contributed by atoms with van der Waals surface area (Å²) in [5.41, 5.74) is 5.32. The zero-order chi connectivity index (χ0) is 26.4. The summed E-state index contributed by atoms with van der Waals surface area (Å²) >= 11 is 0. The molecular weight excluding hydrogens is 466 g/mol. The Balaban J connectivity index is 1.43. The average molecular weight is 506 g/mol. The van der Waals surface area contributed by atoms with E-state index < -0.39 is 5.54 Å². The molecule has 196 valence electrons. The van der Waals surface area contributed by atoms with Crippen LogP contribution in [0.3, 0.4) is 0 Å². The Morgan fingerprint density at radius 1 is 0.842 bits per heavy atom. The van der Waals surface area contributed by atoms with Crippen molar-refractivity contribution in [3.05, 3.63) is 125 Å². The molecular formula is C34H39N3O. The molecule has 0 radical (unpaired) electrons. The fourth-order valence-corrected chi connectivity index (χ4v) is 6.23. The van der Waals surface area contributed by atoms with Crippen LogP contribution in [0.25, 0.3) is 0 Å². The number of rotatable bonds is 10. The lowest BCUT2D eigenvalue weighted by Crippen LogP contribution is -2.38. The van der Waals surface area contributed by atoms with Crippen LogP contribution in [0.4, 0.5) is 0 Å². The van der Waals surface area contributed by atoms with E-state index in [0.29, 0.717) is 12.5 Å². The molecule has 4 nitrogen and oxygen atoms in total. The third-order valence-corrected chi connectivity index (χ3v) is 8.36. The summed E-state index contributed by atoms with van der Waals surface area (Å²) in [7, 11) is 1.99. The lowest BCUT2D eigenvalue weighted by molar-refractivity contribution is -0.132. The van der Waals surface area contributed by atoms with Crippen molar-refractivity contribution in [2.45, 2.75) is 69.9 Å². The first-order valence-corrected chi connectivity index (χ1v) is 14.1. The Hall–Kier alpha value is -3.66. The second kappa shape index (κ2) is 11.8. The smallest absolute Gasteiger partial charge is 0.222 e. The second-order valence-electron chi connectivity index (χ2n) is 10.6. The van der Waals surface area contributed by atoms with Crippen molar-refractivity contribution in [1.29, 1.82) is 0 Å². The standard InChI is InChI=1S/C34H39N3O/c1-27-32(24-14-15-25-33(38)36(2)31-22-12-13-23-31)35-26-37(27)34(28-16-6-3-7-17-28,29-18-8-4-9-19-29)30-20-10-5-11-21-30/h3-11,16-21,26,31H,12-15,22-25H2,1-2H3. The van der Waals surface area contributed by atoms with Gasteiger partial charge in [0.05, 0.1) is 12.0 Å². The number of amides is 1. The normalized spacial score (nSPS) is 14.1. The van der Waals surface area contributed by atoms with E-state index in [-0.39, 0.29) is 5.91 Å². The van der Waals surface area contributed by atoms with Crippen LogP contribution in [-0.2, 0) is 16.8 Å². The molecule has 38 heavy (non-hydrogen) atoms. The summed E-state index contributed by atoms with van der Waals surface area (Å²) in [5, 5.41) is 0. The lowest BCUT2D eigenvalue weighted by Gasteiger charge is -2.38. The van der Waals surface area contributed by atoms with Gasteiger partial charge in [-0.3, -0.25) is 4.79 Å². The summed E-state index contributed by atoms with van der Waals surface area (Å²) in [6.07, 6.45) is 10.2. The highest BCUT2D eigenvalue weighted by Crippen LogP contribution is 2.42. The van der Waals surface area contributed by atoms with Crippen molar-refractivity contribution in [2.24, 2.45) is 0 Å². The minimum absolute atomic E-state index is 0.287. The molecule has 4 heteroatoms. The molecule has 1 aliphatic rings. The van der Waals surface area contributed by atoms with E-state index in [9.17, 15) is 4.79 Å². The number of hydrogen-bond donors (Lipinski definition) is 0. The number of benzene rings is 3. The molecule has 1 saturated carbocycles. The van der Waals surface area contributed by atoms with Gasteiger partial charge in [0, 0.05) is 25.2 Å². The Bertz CT molecular complexity index is 1210. The topological polar surface area (TPSA) is 38.1 Å². The van der Waals surface area contributed by atoms with Gasteiger partial charge in [-0.15, -0.1) is 0 Å². The number of aryl methyl sites for hydroxylation is 1. The minimum atomic E-state index is -0.543. The van der Waals surface area contributed by atoms with Crippen molar-refractivity contribution in [1.82, 2.24) is 14.5 Å². The molecule has 4 aromatic rings. The van der Waals surface area contributed by atoms with Gasteiger partial charge >= 0.3 is 0 Å². The van der Waals surface area contributed by atoms with Gasteiger partial charge in [-0.05, 0) is 55.7 Å². The highest BCUT2D eigenvalue weighted by Gasteiger charge is 2.39. The van der Waals surface area contributed by atoms with Gasteiger partial charge < -0.3 is 9.47 Å². The Morgan fingerprint density at radius 3 is 1.84 bits per heavy atom. The van der Waals surface area contributed by atoms with E-state index in [1.165, 1.54) is 29.5 Å². The molecule has 0 atom stereocenters. The van der Waals surface area contributed by atoms with E-state index in [0.717, 1.165) is 43.5 Å². The van der Waals surface area contributed by atoms with Crippen LogP contribution in [0, 0.1) is 6.92 Å². The summed E-state index contributed by atoms with van der Waals surface area (Å²) in [6, 6.07) is 32.6. The van der Waals surface area contributed by atoms with E-state index in [1.807, 2.05) is 18.3 Å². The molecule has 1 fully saturated rings. The maximum absolute atomic E-state index is 12.7. The van der Waals surface area contributed by atoms with Gasteiger partial charge in [0.1, 0.15) is 5.54 Å². The number of carbonyl (C=O) groups excluding carboxylic acids is 1. The van der Waals surface area contributed by atoms with E-state index >= 15 is 0 Å². The quantitative estimate of drug-likeness (QED) is 0.170. The van der Waals surface area contributed by atoms with E-state index in [2.05, 4.69) is 102 Å². The molecule has 1 aromatic heterocycles. The van der Waals surface area contributed by atoms with Crippen LogP contribution < -0.4 is 0 Å². The first-order valence-electron chi connectivity index (χ1n) is 14.1. The Kier molecular flexibility index (Phi) is 8.07. The zero-order valence-electron chi connectivity index (χ0n) is 22.7. The molecule has 0 N–H and O–H groups in total. The summed E-state index contributed by atoms with van der Waals surface area (Å²) in [4.78, 5) is 19.7. The van der Waals surface area contributed by atoms with E-state index in [4.69, 9.17) is 4.98 Å². The first-order chi connectivity index (χ1) is 18.6. The third-order valence-electron chi connectivity index (χ3n) is 8.36. The van der Waals surface area contributed by atoms with Gasteiger partial charge in [-0.25, -0.2) is 4.98 Å². The third kappa shape index (κ3) is 5.05. The van der Waals surface area contributed by atoms with Crippen LogP contribution >= 0.6 is 0 Å². The largest absolute Gasteiger partial charge is 0.343 e. The SMILES string of the molecule is Cc1c(CCCCC(=O)N(C)C2CCCC2)ncn1C(c1ccccc1)(c1ccccc1)c1ccccc1. The van der Waals surface area contributed by atoms with Crippen LogP contribution in [-0.4, -0.2) is 33.4 Å². The maximum Gasteiger partial charge on any atom is 0.222 e. The number of carbonyl (C=O) groups is 1.